The van der Waals surface area contributed by atoms with Gasteiger partial charge >= 0.3 is 6.03 Å². The third-order valence-electron chi connectivity index (χ3n) is 4.27. The molecule has 1 atom stereocenters. The molecule has 4 amide bonds. The Morgan fingerprint density at radius 2 is 1.69 bits per heavy atom. The summed E-state index contributed by atoms with van der Waals surface area (Å²) in [5.41, 5.74) is 8.15. The van der Waals surface area contributed by atoms with E-state index in [0.29, 0.717) is 24.2 Å². The highest BCUT2D eigenvalue weighted by Gasteiger charge is 2.26. The molecule has 0 aromatic heterocycles. The highest BCUT2D eigenvalue weighted by Crippen LogP contribution is 2.27. The molecule has 2 aromatic rings. The van der Waals surface area contributed by atoms with Gasteiger partial charge in [0.25, 0.3) is 0 Å². The molecule has 1 unspecified atom stereocenters. The second-order valence-corrected chi connectivity index (χ2v) is 6.20. The quantitative estimate of drug-likeness (QED) is 0.663. The van der Waals surface area contributed by atoms with Crippen molar-refractivity contribution in [1.82, 2.24) is 0 Å². The van der Waals surface area contributed by atoms with E-state index in [1.165, 1.54) is 0 Å². The van der Waals surface area contributed by atoms with E-state index in [-0.39, 0.29) is 24.2 Å². The Labute approximate surface area is 151 Å². The predicted molar refractivity (Wildman–Crippen MR) is 99.8 cm³/mol. The van der Waals surface area contributed by atoms with Crippen LogP contribution in [0.4, 0.5) is 21.9 Å². The topological polar surface area (TPSA) is 113 Å². The molecule has 26 heavy (non-hydrogen) atoms. The van der Waals surface area contributed by atoms with Gasteiger partial charge in [-0.2, -0.15) is 0 Å². The third kappa shape index (κ3) is 4.38. The van der Waals surface area contributed by atoms with E-state index in [0.717, 1.165) is 11.3 Å². The number of rotatable bonds is 5. The molecule has 0 fully saturated rings. The van der Waals surface area contributed by atoms with Crippen molar-refractivity contribution in [2.45, 2.75) is 19.3 Å². The summed E-state index contributed by atoms with van der Waals surface area (Å²) in [5.74, 6) is -0.413. The first-order valence-corrected chi connectivity index (χ1v) is 8.36. The standard InChI is InChI=1S/C19H20N4O3/c20-19(26)22-15-8-6-14(7-9-15)21-17(24)10-5-13-11-12-3-1-2-4-16(12)23-18(13)25/h1-4,6-9,13H,5,10-11H2,(H,21,24)(H,23,25)(H3,20,22,26). The van der Waals surface area contributed by atoms with Crippen LogP contribution < -0.4 is 21.7 Å². The molecule has 1 aliphatic heterocycles. The summed E-state index contributed by atoms with van der Waals surface area (Å²) in [6.45, 7) is 0. The zero-order chi connectivity index (χ0) is 18.5. The molecule has 0 saturated heterocycles. The predicted octanol–water partition coefficient (Wildman–Crippen LogP) is 2.71. The van der Waals surface area contributed by atoms with E-state index in [2.05, 4.69) is 16.0 Å². The number of nitrogens with one attached hydrogen (secondary N) is 3. The molecule has 3 rings (SSSR count). The fourth-order valence-electron chi connectivity index (χ4n) is 2.95. The number of urea groups is 1. The molecule has 0 saturated carbocycles. The average Bonchev–Trinajstić information content (AvgIpc) is 2.61. The van der Waals surface area contributed by atoms with Crippen LogP contribution in [0, 0.1) is 5.92 Å². The van der Waals surface area contributed by atoms with E-state index >= 15 is 0 Å². The van der Waals surface area contributed by atoms with Gasteiger partial charge in [-0.05, 0) is 48.7 Å². The maximum absolute atomic E-state index is 12.2. The van der Waals surface area contributed by atoms with Crippen LogP contribution in [0.1, 0.15) is 18.4 Å². The molecule has 2 aromatic carbocycles. The smallest absolute Gasteiger partial charge is 0.316 e. The molecule has 7 heteroatoms. The van der Waals surface area contributed by atoms with Gasteiger partial charge in [0.1, 0.15) is 0 Å². The van der Waals surface area contributed by atoms with Gasteiger partial charge in [-0.1, -0.05) is 18.2 Å². The van der Waals surface area contributed by atoms with Crippen molar-refractivity contribution < 1.29 is 14.4 Å². The third-order valence-corrected chi connectivity index (χ3v) is 4.27. The van der Waals surface area contributed by atoms with Crippen molar-refractivity contribution >= 4 is 34.9 Å². The van der Waals surface area contributed by atoms with Crippen LogP contribution in [0.3, 0.4) is 0 Å². The van der Waals surface area contributed by atoms with Crippen LogP contribution in [0.2, 0.25) is 0 Å². The first-order chi connectivity index (χ1) is 12.5. The number of para-hydroxylation sites is 1. The monoisotopic (exact) mass is 352 g/mol. The number of benzene rings is 2. The van der Waals surface area contributed by atoms with Gasteiger partial charge in [0.15, 0.2) is 0 Å². The lowest BCUT2D eigenvalue weighted by atomic mass is 9.89. The van der Waals surface area contributed by atoms with E-state index < -0.39 is 6.03 Å². The first-order valence-electron chi connectivity index (χ1n) is 8.36. The number of primary amides is 1. The Bertz CT molecular complexity index is 833. The number of amides is 4. The number of hydrogen-bond acceptors (Lipinski definition) is 3. The number of carbonyl (C=O) groups is 3. The van der Waals surface area contributed by atoms with Gasteiger partial charge in [0.05, 0.1) is 0 Å². The molecule has 1 aliphatic rings. The maximum atomic E-state index is 12.2. The van der Waals surface area contributed by atoms with Crippen molar-refractivity contribution in [3.63, 3.8) is 0 Å². The summed E-state index contributed by atoms with van der Waals surface area (Å²) in [4.78, 5) is 35.1. The van der Waals surface area contributed by atoms with Crippen molar-refractivity contribution in [2.75, 3.05) is 16.0 Å². The second-order valence-electron chi connectivity index (χ2n) is 6.20. The Morgan fingerprint density at radius 3 is 2.38 bits per heavy atom. The first kappa shape index (κ1) is 17.5. The summed E-state index contributed by atoms with van der Waals surface area (Å²) in [5, 5.41) is 8.12. The van der Waals surface area contributed by atoms with Crippen molar-refractivity contribution in [1.29, 1.82) is 0 Å². The summed E-state index contributed by atoms with van der Waals surface area (Å²) in [6, 6.07) is 13.7. The SMILES string of the molecule is NC(=O)Nc1ccc(NC(=O)CCC2Cc3ccccc3NC2=O)cc1. The number of nitrogens with two attached hydrogens (primary N) is 1. The zero-order valence-corrected chi connectivity index (χ0v) is 14.1. The van der Waals surface area contributed by atoms with Gasteiger partial charge < -0.3 is 21.7 Å². The van der Waals surface area contributed by atoms with Crippen LogP contribution in [-0.2, 0) is 16.0 Å². The van der Waals surface area contributed by atoms with Crippen LogP contribution in [-0.4, -0.2) is 17.8 Å². The van der Waals surface area contributed by atoms with Crippen molar-refractivity contribution in [2.24, 2.45) is 11.7 Å². The largest absolute Gasteiger partial charge is 0.351 e. The molecule has 5 N–H and O–H groups in total. The Hall–Kier alpha value is -3.35. The number of fused-ring (bicyclic) bond motifs is 1. The van der Waals surface area contributed by atoms with E-state index in [1.54, 1.807) is 24.3 Å². The van der Waals surface area contributed by atoms with Gasteiger partial charge in [-0.15, -0.1) is 0 Å². The lowest BCUT2D eigenvalue weighted by molar-refractivity contribution is -0.121. The highest BCUT2D eigenvalue weighted by molar-refractivity contribution is 5.96. The number of anilines is 3. The minimum Gasteiger partial charge on any atom is -0.351 e. The lowest BCUT2D eigenvalue weighted by Gasteiger charge is -2.24. The van der Waals surface area contributed by atoms with Gasteiger partial charge in [-0.25, -0.2) is 4.79 Å². The summed E-state index contributed by atoms with van der Waals surface area (Å²) >= 11 is 0. The summed E-state index contributed by atoms with van der Waals surface area (Å²) < 4.78 is 0. The Morgan fingerprint density at radius 1 is 1.04 bits per heavy atom. The average molecular weight is 352 g/mol. The Kier molecular flexibility index (Phi) is 5.17. The maximum Gasteiger partial charge on any atom is 0.316 e. The van der Waals surface area contributed by atoms with Crippen LogP contribution >= 0.6 is 0 Å². The van der Waals surface area contributed by atoms with E-state index in [4.69, 9.17) is 5.73 Å². The normalized spacial score (nSPS) is 15.5. The second kappa shape index (κ2) is 7.69. The summed E-state index contributed by atoms with van der Waals surface area (Å²) in [6.07, 6.45) is 1.37. The van der Waals surface area contributed by atoms with Crippen molar-refractivity contribution in [3.8, 4) is 0 Å². The number of hydrogen-bond donors (Lipinski definition) is 4. The molecule has 134 valence electrons. The summed E-state index contributed by atoms with van der Waals surface area (Å²) in [7, 11) is 0. The fraction of sp³-hybridized carbons (Fsp3) is 0.211. The molecule has 0 spiro atoms. The van der Waals surface area contributed by atoms with Gasteiger partial charge in [0.2, 0.25) is 11.8 Å². The minimum atomic E-state index is -0.644. The lowest BCUT2D eigenvalue weighted by Crippen LogP contribution is -2.30. The zero-order valence-electron chi connectivity index (χ0n) is 14.1. The molecule has 0 bridgehead atoms. The van der Waals surface area contributed by atoms with Gasteiger partial charge in [-0.3, -0.25) is 9.59 Å². The molecular formula is C19H20N4O3. The van der Waals surface area contributed by atoms with Crippen molar-refractivity contribution in [3.05, 3.63) is 54.1 Å². The minimum absolute atomic E-state index is 0.0432. The molecule has 1 heterocycles. The van der Waals surface area contributed by atoms with E-state index in [1.807, 2.05) is 24.3 Å². The Balaban J connectivity index is 1.51. The molecule has 7 nitrogen and oxygen atoms in total. The fourth-order valence-corrected chi connectivity index (χ4v) is 2.95. The molecular weight excluding hydrogens is 332 g/mol. The molecule has 0 aliphatic carbocycles. The molecule has 0 radical (unpaired) electrons. The number of carbonyl (C=O) groups excluding carboxylic acids is 3. The van der Waals surface area contributed by atoms with Crippen LogP contribution in [0.5, 0.6) is 0 Å². The highest BCUT2D eigenvalue weighted by atomic mass is 16.2. The van der Waals surface area contributed by atoms with Crippen LogP contribution in [0.25, 0.3) is 0 Å². The van der Waals surface area contributed by atoms with E-state index in [9.17, 15) is 14.4 Å². The van der Waals surface area contributed by atoms with Gasteiger partial charge in [0, 0.05) is 29.4 Å². The van der Waals surface area contributed by atoms with Crippen LogP contribution in [0.15, 0.2) is 48.5 Å².